The molecule has 1 aliphatic rings. The summed E-state index contributed by atoms with van der Waals surface area (Å²) in [5.74, 6) is -1.06. The Morgan fingerprint density at radius 3 is 2.45 bits per heavy atom. The van der Waals surface area contributed by atoms with Gasteiger partial charge in [-0.2, -0.15) is 0 Å². The lowest BCUT2D eigenvalue weighted by Crippen LogP contribution is -2.56. The van der Waals surface area contributed by atoms with Crippen LogP contribution in [0.2, 0.25) is 0 Å². The average molecular weight is 593 g/mol. The van der Waals surface area contributed by atoms with Crippen molar-refractivity contribution in [3.05, 3.63) is 83.8 Å². The van der Waals surface area contributed by atoms with Crippen molar-refractivity contribution in [1.82, 2.24) is 14.9 Å². The third-order valence-electron chi connectivity index (χ3n) is 6.24. The predicted molar refractivity (Wildman–Crippen MR) is 155 cm³/mol. The predicted octanol–water partition coefficient (Wildman–Crippen LogP) is 3.18. The highest BCUT2D eigenvalue weighted by Crippen LogP contribution is 2.36. The van der Waals surface area contributed by atoms with Crippen LogP contribution in [0.5, 0.6) is 0 Å². The molecule has 0 radical (unpaired) electrons. The van der Waals surface area contributed by atoms with Gasteiger partial charge >= 0.3 is 5.97 Å². The number of hydrogen-bond acceptors (Lipinski definition) is 7. The number of imidazole rings is 1. The second-order valence-corrected chi connectivity index (χ2v) is 9.94. The van der Waals surface area contributed by atoms with Crippen molar-refractivity contribution in [1.29, 1.82) is 0 Å². The van der Waals surface area contributed by atoms with Crippen LogP contribution in [0.15, 0.2) is 67.1 Å². The molecule has 40 heavy (non-hydrogen) atoms. The van der Waals surface area contributed by atoms with E-state index in [1.165, 1.54) is 6.92 Å². The number of carbonyl (C=O) groups is 3. The number of nitrogens with two attached hydrogens (primary N) is 1. The molecule has 1 aromatic heterocycles. The quantitative estimate of drug-likeness (QED) is 0.308. The highest BCUT2D eigenvalue weighted by atomic mass is 35.5. The number of amides is 2. The van der Waals surface area contributed by atoms with E-state index in [0.717, 1.165) is 16.7 Å². The molecular weight excluding hydrogens is 557 g/mol. The SMILES string of the molecule is CC(=O)O[C@H]1Cc2ccccc2[C@H]1n1cnc(NC(=O)[C@@H](COCc2ccccc2)NC(=O)C(C)(C)N)c1.Cl.Cl. The fourth-order valence-electron chi connectivity index (χ4n) is 4.37. The second kappa shape index (κ2) is 14.3. The Morgan fingerprint density at radius 2 is 1.77 bits per heavy atom. The van der Waals surface area contributed by atoms with Gasteiger partial charge in [-0.1, -0.05) is 54.6 Å². The molecule has 2 amide bonds. The molecule has 2 aromatic carbocycles. The fraction of sp³-hybridized carbons (Fsp3) is 0.357. The first-order valence-electron chi connectivity index (χ1n) is 12.4. The highest BCUT2D eigenvalue weighted by molar-refractivity contribution is 5.98. The number of ether oxygens (including phenoxy) is 2. The van der Waals surface area contributed by atoms with Crippen molar-refractivity contribution in [3.8, 4) is 0 Å². The Labute approximate surface area is 245 Å². The van der Waals surface area contributed by atoms with Crippen LogP contribution >= 0.6 is 24.8 Å². The molecule has 1 aliphatic carbocycles. The molecule has 216 valence electrons. The summed E-state index contributed by atoms with van der Waals surface area (Å²) in [4.78, 5) is 41.8. The van der Waals surface area contributed by atoms with Crippen LogP contribution in [0.25, 0.3) is 0 Å². The lowest BCUT2D eigenvalue weighted by atomic mass is 10.1. The van der Waals surface area contributed by atoms with Crippen molar-refractivity contribution in [2.75, 3.05) is 11.9 Å². The third-order valence-corrected chi connectivity index (χ3v) is 6.24. The maximum atomic E-state index is 13.2. The molecule has 0 fully saturated rings. The first-order chi connectivity index (χ1) is 18.1. The Morgan fingerprint density at radius 1 is 1.10 bits per heavy atom. The molecule has 0 unspecified atom stereocenters. The minimum Gasteiger partial charge on any atom is -0.460 e. The zero-order valence-corrected chi connectivity index (χ0v) is 24.2. The minimum atomic E-state index is -1.18. The molecule has 4 N–H and O–H groups in total. The molecule has 0 saturated carbocycles. The van der Waals surface area contributed by atoms with E-state index in [4.69, 9.17) is 15.2 Å². The van der Waals surface area contributed by atoms with Crippen LogP contribution < -0.4 is 16.4 Å². The summed E-state index contributed by atoms with van der Waals surface area (Å²) in [6.45, 7) is 4.72. The fourth-order valence-corrected chi connectivity index (χ4v) is 4.37. The average Bonchev–Trinajstić information content (AvgIpc) is 3.46. The smallest absolute Gasteiger partial charge is 0.302 e. The molecule has 10 nitrogen and oxygen atoms in total. The first-order valence-corrected chi connectivity index (χ1v) is 12.4. The number of anilines is 1. The Balaban J connectivity index is 0.00000280. The summed E-state index contributed by atoms with van der Waals surface area (Å²) in [6, 6.07) is 16.1. The van der Waals surface area contributed by atoms with Gasteiger partial charge in [0.05, 0.1) is 31.1 Å². The number of fused-ring (bicyclic) bond motifs is 1. The number of halogens is 2. The molecular formula is C28H35Cl2N5O5. The van der Waals surface area contributed by atoms with Gasteiger partial charge < -0.3 is 30.4 Å². The van der Waals surface area contributed by atoms with Gasteiger partial charge in [0.1, 0.15) is 12.1 Å². The topological polar surface area (TPSA) is 138 Å². The molecule has 3 aromatic rings. The standard InChI is InChI=1S/C28H33N5O5.2ClH/c1-18(34)38-23-13-20-11-7-8-12-21(20)25(23)33-14-24(30-17-33)32-26(35)22(31-27(36)28(2,3)29)16-37-15-19-9-5-4-6-10-19;;/h4-12,14,17,22-23,25H,13,15-16,29H2,1-3H3,(H,31,36)(H,32,35);2*1H/t22-,23+,25-;;/m1../s1. The number of esters is 1. The van der Waals surface area contributed by atoms with Crippen molar-refractivity contribution >= 4 is 48.4 Å². The molecule has 0 bridgehead atoms. The first kappa shape index (κ1) is 32.8. The van der Waals surface area contributed by atoms with Crippen molar-refractivity contribution in [2.45, 2.75) is 57.5 Å². The van der Waals surface area contributed by atoms with E-state index in [-0.39, 0.29) is 55.9 Å². The summed E-state index contributed by atoms with van der Waals surface area (Å²) in [7, 11) is 0. The molecule has 0 aliphatic heterocycles. The van der Waals surface area contributed by atoms with Crippen LogP contribution in [-0.4, -0.2) is 51.6 Å². The summed E-state index contributed by atoms with van der Waals surface area (Å²) in [5, 5.41) is 5.43. The van der Waals surface area contributed by atoms with E-state index in [1.807, 2.05) is 59.2 Å². The van der Waals surface area contributed by atoms with E-state index in [2.05, 4.69) is 15.6 Å². The number of hydrogen-bond donors (Lipinski definition) is 3. The molecule has 0 saturated heterocycles. The largest absolute Gasteiger partial charge is 0.460 e. The molecule has 12 heteroatoms. The van der Waals surface area contributed by atoms with Crippen LogP contribution in [0.3, 0.4) is 0 Å². The van der Waals surface area contributed by atoms with Gasteiger partial charge in [0.15, 0.2) is 5.82 Å². The lowest BCUT2D eigenvalue weighted by Gasteiger charge is -2.23. The van der Waals surface area contributed by atoms with Gasteiger partial charge in [-0.3, -0.25) is 14.4 Å². The van der Waals surface area contributed by atoms with E-state index in [0.29, 0.717) is 6.42 Å². The van der Waals surface area contributed by atoms with Crippen LogP contribution in [0.4, 0.5) is 5.82 Å². The minimum absolute atomic E-state index is 0. The van der Waals surface area contributed by atoms with Gasteiger partial charge in [0.25, 0.3) is 5.91 Å². The molecule has 4 rings (SSSR count). The number of rotatable bonds is 10. The number of aromatic nitrogens is 2. The van der Waals surface area contributed by atoms with Crippen molar-refractivity contribution in [2.24, 2.45) is 5.73 Å². The van der Waals surface area contributed by atoms with Crippen LogP contribution in [0.1, 0.15) is 43.5 Å². The maximum absolute atomic E-state index is 13.2. The van der Waals surface area contributed by atoms with Gasteiger partial charge in [0.2, 0.25) is 5.91 Å². The number of carbonyl (C=O) groups excluding carboxylic acids is 3. The summed E-state index contributed by atoms with van der Waals surface area (Å²) in [6.07, 6.45) is 3.45. The van der Waals surface area contributed by atoms with Gasteiger partial charge in [0, 0.05) is 19.5 Å². The summed E-state index contributed by atoms with van der Waals surface area (Å²) in [5.41, 5.74) is 7.80. The van der Waals surface area contributed by atoms with E-state index in [9.17, 15) is 14.4 Å². The van der Waals surface area contributed by atoms with Gasteiger partial charge in [-0.05, 0) is 30.5 Å². The Kier molecular flexibility index (Phi) is 11.7. The van der Waals surface area contributed by atoms with E-state index < -0.39 is 29.5 Å². The normalized spacial score (nSPS) is 16.5. The Hall–Kier alpha value is -3.44. The maximum Gasteiger partial charge on any atom is 0.302 e. The molecule has 3 atom stereocenters. The van der Waals surface area contributed by atoms with Gasteiger partial charge in [-0.25, -0.2) is 4.98 Å². The highest BCUT2D eigenvalue weighted by Gasteiger charge is 2.36. The van der Waals surface area contributed by atoms with Crippen molar-refractivity contribution < 1.29 is 23.9 Å². The van der Waals surface area contributed by atoms with Crippen LogP contribution in [-0.2, 0) is 36.9 Å². The summed E-state index contributed by atoms with van der Waals surface area (Å²) < 4.78 is 13.2. The zero-order valence-electron chi connectivity index (χ0n) is 22.5. The number of nitrogens with one attached hydrogen (secondary N) is 2. The molecule has 0 spiro atoms. The Bertz CT molecular complexity index is 1300. The zero-order chi connectivity index (χ0) is 27.3. The van der Waals surface area contributed by atoms with E-state index >= 15 is 0 Å². The lowest BCUT2D eigenvalue weighted by molar-refractivity contribution is -0.147. The number of benzene rings is 2. The molecule has 1 heterocycles. The summed E-state index contributed by atoms with van der Waals surface area (Å²) >= 11 is 0. The van der Waals surface area contributed by atoms with E-state index in [1.54, 1.807) is 26.4 Å². The third kappa shape index (κ3) is 8.28. The monoisotopic (exact) mass is 591 g/mol. The van der Waals surface area contributed by atoms with Crippen molar-refractivity contribution in [3.63, 3.8) is 0 Å². The van der Waals surface area contributed by atoms with Gasteiger partial charge in [-0.15, -0.1) is 24.8 Å². The second-order valence-electron chi connectivity index (χ2n) is 9.94. The van der Waals surface area contributed by atoms with Crippen LogP contribution in [0, 0.1) is 0 Å². The number of nitrogens with zero attached hydrogens (tertiary/aromatic N) is 2.